The van der Waals surface area contributed by atoms with Gasteiger partial charge in [-0.3, -0.25) is 0 Å². The number of allylic oxidation sites excluding steroid dienone is 10. The van der Waals surface area contributed by atoms with Crippen molar-refractivity contribution in [2.45, 2.75) is 12.8 Å². The van der Waals surface area contributed by atoms with Crippen molar-refractivity contribution in [3.63, 3.8) is 0 Å². The van der Waals surface area contributed by atoms with Gasteiger partial charge in [0, 0.05) is 63.8 Å². The summed E-state index contributed by atoms with van der Waals surface area (Å²) in [7, 11) is 0. The predicted octanol–water partition coefficient (Wildman–Crippen LogP) is 4.83. The van der Waals surface area contributed by atoms with E-state index in [2.05, 4.69) is 68.7 Å². The van der Waals surface area contributed by atoms with Crippen LogP contribution in [0.4, 0.5) is 0 Å². The molecule has 6 rings (SSSR count). The van der Waals surface area contributed by atoms with Gasteiger partial charge in [0.2, 0.25) is 0 Å². The Labute approximate surface area is 210 Å². The summed E-state index contributed by atoms with van der Waals surface area (Å²) in [4.78, 5) is 8.81. The normalized spacial score (nSPS) is 21.9. The van der Waals surface area contributed by atoms with E-state index in [-0.39, 0.29) is 34.0 Å². The lowest BCUT2D eigenvalue weighted by molar-refractivity contribution is 0.334. The van der Waals surface area contributed by atoms with Crippen LogP contribution in [0.3, 0.4) is 0 Å². The van der Waals surface area contributed by atoms with Gasteiger partial charge in [-0.2, -0.15) is 0 Å². The second kappa shape index (κ2) is 10.4. The molecule has 0 fully saturated rings. The van der Waals surface area contributed by atoms with E-state index in [4.69, 9.17) is 10.8 Å². The zero-order valence-electron chi connectivity index (χ0n) is 17.8. The summed E-state index contributed by atoms with van der Waals surface area (Å²) in [6, 6.07) is 0. The first-order valence-corrected chi connectivity index (χ1v) is 10.5. The summed E-state index contributed by atoms with van der Waals surface area (Å²) in [6.07, 6.45) is 26.3. The number of halogens is 2. The lowest BCUT2D eigenvalue weighted by Gasteiger charge is -2.39. The van der Waals surface area contributed by atoms with Crippen LogP contribution < -0.4 is 0 Å². The van der Waals surface area contributed by atoms with E-state index >= 15 is 0 Å². The second-order valence-electron chi connectivity index (χ2n) is 7.78. The van der Waals surface area contributed by atoms with Gasteiger partial charge in [-0.1, -0.05) is 24.3 Å². The van der Waals surface area contributed by atoms with Crippen LogP contribution in [0.25, 0.3) is 0 Å². The Balaban J connectivity index is 0.000000170. The van der Waals surface area contributed by atoms with Crippen LogP contribution in [-0.4, -0.2) is 57.2 Å². The highest BCUT2D eigenvalue weighted by molar-refractivity contribution is 8.93. The molecule has 0 amide bonds. The zero-order valence-corrected chi connectivity index (χ0v) is 21.2. The second-order valence-corrected chi connectivity index (χ2v) is 7.78. The molecule has 0 aliphatic carbocycles. The fraction of sp³-hybridized carbons (Fsp3) is 0.250. The molecular weight excluding hydrogens is 532 g/mol. The van der Waals surface area contributed by atoms with Gasteiger partial charge in [0.1, 0.15) is 0 Å². The first-order valence-electron chi connectivity index (χ1n) is 10.5. The van der Waals surface area contributed by atoms with E-state index < -0.39 is 0 Å². The van der Waals surface area contributed by atoms with E-state index in [1.807, 2.05) is 24.3 Å². The molecule has 0 saturated heterocycles. The molecule has 8 heteroatoms. The van der Waals surface area contributed by atoms with Crippen LogP contribution in [-0.2, 0) is 0 Å². The fourth-order valence-electron chi connectivity index (χ4n) is 4.46. The Morgan fingerprint density at radius 2 is 0.938 bits per heavy atom. The molecule has 0 aromatic carbocycles. The maximum absolute atomic E-state index is 8.00. The Kier molecular flexibility index (Phi) is 7.79. The van der Waals surface area contributed by atoms with E-state index in [0.29, 0.717) is 0 Å². The van der Waals surface area contributed by atoms with Crippen molar-refractivity contribution < 1.29 is 0 Å². The van der Waals surface area contributed by atoms with Gasteiger partial charge in [0.15, 0.2) is 0 Å². The minimum Gasteiger partial charge on any atom is -0.344 e. The molecule has 0 unspecified atom stereocenters. The number of fused-ring (bicyclic) bond motifs is 4. The lowest BCUT2D eigenvalue weighted by atomic mass is 10.0. The first-order chi connectivity index (χ1) is 14.7. The molecule has 168 valence electrons. The van der Waals surface area contributed by atoms with Gasteiger partial charge in [-0.15, -0.1) is 34.0 Å². The number of rotatable bonds is 0. The average Bonchev–Trinajstić information content (AvgIpc) is 2.79. The molecule has 6 nitrogen and oxygen atoms in total. The minimum atomic E-state index is 0. The van der Waals surface area contributed by atoms with Crippen LogP contribution in [0.15, 0.2) is 96.2 Å². The van der Waals surface area contributed by atoms with E-state index in [9.17, 15) is 0 Å². The summed E-state index contributed by atoms with van der Waals surface area (Å²) in [5.41, 5.74) is 5.92. The molecule has 0 radical (unpaired) electrons. The number of hydrogen-bond acceptors (Lipinski definition) is 6. The molecule has 0 spiro atoms. The summed E-state index contributed by atoms with van der Waals surface area (Å²) >= 11 is 0. The summed E-state index contributed by atoms with van der Waals surface area (Å²) < 4.78 is 0. The van der Waals surface area contributed by atoms with Gasteiger partial charge >= 0.3 is 0 Å². The third-order valence-corrected chi connectivity index (χ3v) is 5.89. The molecular formula is C24H28Br2N6. The highest BCUT2D eigenvalue weighted by Gasteiger charge is 2.28. The van der Waals surface area contributed by atoms with Gasteiger partial charge < -0.3 is 30.4 Å². The topological polar surface area (TPSA) is 60.7 Å². The molecule has 6 heterocycles. The Morgan fingerprint density at radius 1 is 0.531 bits per heavy atom. The zero-order chi connectivity index (χ0) is 20.5. The summed E-state index contributed by atoms with van der Waals surface area (Å²) in [5, 5.41) is 16.0. The Morgan fingerprint density at radius 3 is 1.38 bits per heavy atom. The van der Waals surface area contributed by atoms with Gasteiger partial charge in [0.05, 0.1) is 34.2 Å². The van der Waals surface area contributed by atoms with Crippen LogP contribution in [0.1, 0.15) is 12.8 Å². The highest BCUT2D eigenvalue weighted by Crippen LogP contribution is 2.29. The molecule has 0 bridgehead atoms. The molecule has 0 saturated carbocycles. The quantitative estimate of drug-likeness (QED) is 0.446. The standard InChI is InChI=1S/2C12H13N3.2BrH/c2*13-10-4-3-7-15-9-8-14-6-2-1-5-11(14)12(10)15;;/h2*1-3,5-7,13H,4,8-9H2;2*1H. The van der Waals surface area contributed by atoms with Crippen molar-refractivity contribution in [1.29, 1.82) is 10.8 Å². The Bertz CT molecular complexity index is 945. The van der Waals surface area contributed by atoms with Gasteiger partial charge in [-0.05, 0) is 24.3 Å². The van der Waals surface area contributed by atoms with Crippen molar-refractivity contribution in [2.75, 3.05) is 26.2 Å². The molecule has 32 heavy (non-hydrogen) atoms. The van der Waals surface area contributed by atoms with Gasteiger partial charge in [0.25, 0.3) is 0 Å². The number of nitrogens with one attached hydrogen (secondary N) is 2. The molecule has 6 aliphatic rings. The van der Waals surface area contributed by atoms with E-state index in [0.717, 1.165) is 73.2 Å². The van der Waals surface area contributed by atoms with Crippen molar-refractivity contribution in [1.82, 2.24) is 19.6 Å². The summed E-state index contributed by atoms with van der Waals surface area (Å²) in [6.45, 7) is 3.93. The van der Waals surface area contributed by atoms with Crippen LogP contribution in [0.2, 0.25) is 0 Å². The monoisotopic (exact) mass is 558 g/mol. The predicted molar refractivity (Wildman–Crippen MR) is 141 cm³/mol. The average molecular weight is 560 g/mol. The highest BCUT2D eigenvalue weighted by atomic mass is 79.9. The smallest absolute Gasteiger partial charge is 0.0862 e. The largest absolute Gasteiger partial charge is 0.344 e. The molecule has 0 aromatic heterocycles. The third kappa shape index (κ3) is 4.47. The fourth-order valence-corrected chi connectivity index (χ4v) is 4.46. The maximum atomic E-state index is 8.00. The van der Waals surface area contributed by atoms with Crippen molar-refractivity contribution >= 4 is 45.4 Å². The minimum absolute atomic E-state index is 0. The van der Waals surface area contributed by atoms with Crippen LogP contribution >= 0.6 is 34.0 Å². The molecule has 2 N–H and O–H groups in total. The molecule has 0 aromatic rings. The van der Waals surface area contributed by atoms with E-state index in [1.165, 1.54) is 0 Å². The van der Waals surface area contributed by atoms with Gasteiger partial charge in [-0.25, -0.2) is 0 Å². The molecule has 0 atom stereocenters. The SMILES string of the molecule is Br.Br.N=C1CC=CN2CCN3C=CC=CC3=C12.N=C1CC=CN2CCN3C=CC=CC3=C12. The number of hydrogen-bond donors (Lipinski definition) is 2. The van der Waals surface area contributed by atoms with Crippen molar-refractivity contribution in [3.05, 3.63) is 96.2 Å². The van der Waals surface area contributed by atoms with Crippen molar-refractivity contribution in [3.8, 4) is 0 Å². The third-order valence-electron chi connectivity index (χ3n) is 5.89. The summed E-state index contributed by atoms with van der Waals surface area (Å²) in [5.74, 6) is 0. The Hall–Kier alpha value is -2.58. The van der Waals surface area contributed by atoms with Crippen molar-refractivity contribution in [2.24, 2.45) is 0 Å². The maximum Gasteiger partial charge on any atom is 0.0862 e. The molecule has 6 aliphatic heterocycles. The van der Waals surface area contributed by atoms with Crippen LogP contribution in [0.5, 0.6) is 0 Å². The van der Waals surface area contributed by atoms with Crippen LogP contribution in [0, 0.1) is 10.8 Å². The van der Waals surface area contributed by atoms with E-state index in [1.54, 1.807) is 0 Å². The lowest BCUT2D eigenvalue weighted by Crippen LogP contribution is -2.40. The first kappa shape index (κ1) is 24.1. The number of nitrogens with zero attached hydrogens (tertiary/aromatic N) is 4.